The Morgan fingerprint density at radius 3 is 2.34 bits per heavy atom. The van der Waals surface area contributed by atoms with Gasteiger partial charge in [-0.25, -0.2) is 28.2 Å². The van der Waals surface area contributed by atoms with E-state index in [2.05, 4.69) is 15.1 Å². The molecule has 2 N–H and O–H groups in total. The van der Waals surface area contributed by atoms with E-state index in [0.717, 1.165) is 15.9 Å². The maximum Gasteiger partial charge on any atom is 0.435 e. The number of thiazole rings is 1. The summed E-state index contributed by atoms with van der Waals surface area (Å²) in [6.07, 6.45) is -3.44. The first-order chi connectivity index (χ1) is 15.1. The number of benzene rings is 1. The second kappa shape index (κ2) is 8.11. The molecule has 4 aromatic rings. The molecular formula is C20H16F3N5O2S2. The van der Waals surface area contributed by atoms with Crippen LogP contribution in [0.15, 0.2) is 58.5 Å². The molecule has 4 rings (SSSR count). The lowest BCUT2D eigenvalue weighted by atomic mass is 9.99. The summed E-state index contributed by atoms with van der Waals surface area (Å²) in [7, 11) is -4.30. The Kier molecular flexibility index (Phi) is 5.61. The number of alkyl halides is 3. The van der Waals surface area contributed by atoms with Crippen molar-refractivity contribution in [2.45, 2.75) is 24.5 Å². The largest absolute Gasteiger partial charge is 0.435 e. The van der Waals surface area contributed by atoms with E-state index in [-0.39, 0.29) is 23.4 Å². The van der Waals surface area contributed by atoms with Crippen LogP contribution in [0.3, 0.4) is 0 Å². The van der Waals surface area contributed by atoms with Crippen LogP contribution in [0.25, 0.3) is 28.1 Å². The minimum Gasteiger partial charge on any atom is -0.245 e. The van der Waals surface area contributed by atoms with Gasteiger partial charge in [-0.05, 0) is 24.1 Å². The Labute approximate surface area is 185 Å². The highest BCUT2D eigenvalue weighted by molar-refractivity contribution is 7.89. The summed E-state index contributed by atoms with van der Waals surface area (Å²) < 4.78 is 66.8. The molecule has 12 heteroatoms. The van der Waals surface area contributed by atoms with Gasteiger partial charge < -0.3 is 0 Å². The molecule has 7 nitrogen and oxygen atoms in total. The normalized spacial score (nSPS) is 12.3. The fourth-order valence-corrected chi connectivity index (χ4v) is 4.62. The molecular weight excluding hydrogens is 463 g/mol. The van der Waals surface area contributed by atoms with Crippen LogP contribution in [0.1, 0.15) is 18.3 Å². The number of nitrogens with zero attached hydrogens (tertiary/aromatic N) is 4. The topological polar surface area (TPSA) is 104 Å². The lowest BCUT2D eigenvalue weighted by Gasteiger charge is -2.11. The summed E-state index contributed by atoms with van der Waals surface area (Å²) in [4.78, 5) is 7.96. The van der Waals surface area contributed by atoms with Crippen molar-refractivity contribution in [1.82, 2.24) is 19.7 Å². The molecule has 1 aromatic carbocycles. The molecule has 0 spiro atoms. The van der Waals surface area contributed by atoms with Gasteiger partial charge in [0, 0.05) is 22.7 Å². The number of rotatable bonds is 5. The van der Waals surface area contributed by atoms with Gasteiger partial charge in [0.2, 0.25) is 0 Å². The van der Waals surface area contributed by atoms with E-state index in [1.54, 1.807) is 36.7 Å². The van der Waals surface area contributed by atoms with Crippen LogP contribution in [0, 0.1) is 0 Å². The quantitative estimate of drug-likeness (QED) is 0.460. The third-order valence-corrected chi connectivity index (χ3v) is 6.17. The average molecular weight is 480 g/mol. The number of primary sulfonamides is 1. The van der Waals surface area contributed by atoms with E-state index in [9.17, 15) is 21.6 Å². The van der Waals surface area contributed by atoms with Gasteiger partial charge in [0.1, 0.15) is 5.69 Å². The lowest BCUT2D eigenvalue weighted by Crippen LogP contribution is -2.18. The average Bonchev–Trinajstić information content (AvgIpc) is 3.41. The van der Waals surface area contributed by atoms with Gasteiger partial charge in [0.25, 0.3) is 10.0 Å². The fraction of sp³-hybridized carbons (Fsp3) is 0.150. The maximum atomic E-state index is 14.0. The van der Waals surface area contributed by atoms with Crippen molar-refractivity contribution in [2.24, 2.45) is 5.14 Å². The second-order valence-electron chi connectivity index (χ2n) is 6.76. The molecule has 166 valence electrons. The Bertz CT molecular complexity index is 1360. The molecule has 0 unspecified atom stereocenters. The molecule has 32 heavy (non-hydrogen) atoms. The van der Waals surface area contributed by atoms with Crippen molar-refractivity contribution in [2.75, 3.05) is 0 Å². The lowest BCUT2D eigenvalue weighted by molar-refractivity contribution is -0.140. The van der Waals surface area contributed by atoms with Crippen LogP contribution in [-0.4, -0.2) is 28.2 Å². The van der Waals surface area contributed by atoms with Gasteiger partial charge in [-0.3, -0.25) is 0 Å². The number of halogens is 3. The summed E-state index contributed by atoms with van der Waals surface area (Å²) in [5, 5.41) is 10.3. The first-order valence-corrected chi connectivity index (χ1v) is 11.8. The highest BCUT2D eigenvalue weighted by Gasteiger charge is 2.40. The summed E-state index contributed by atoms with van der Waals surface area (Å²) in [6, 6.07) is 9.21. The molecule has 3 aromatic heterocycles. The van der Waals surface area contributed by atoms with Gasteiger partial charge in [-0.15, -0.1) is 11.3 Å². The van der Waals surface area contributed by atoms with Crippen molar-refractivity contribution in [3.8, 4) is 28.1 Å². The van der Waals surface area contributed by atoms with Crippen LogP contribution in [0.2, 0.25) is 0 Å². The minimum absolute atomic E-state index is 0.131. The van der Waals surface area contributed by atoms with E-state index in [1.165, 1.54) is 29.7 Å². The number of nitrogens with two attached hydrogens (primary N) is 1. The Hall–Kier alpha value is -3.09. The summed E-state index contributed by atoms with van der Waals surface area (Å²) >= 11 is 1.41. The predicted octanol–water partition coefficient (Wildman–Crippen LogP) is 4.29. The fourth-order valence-electron chi connectivity index (χ4n) is 3.41. The zero-order chi connectivity index (χ0) is 23.1. The van der Waals surface area contributed by atoms with Crippen LogP contribution < -0.4 is 5.14 Å². The van der Waals surface area contributed by atoms with Crippen LogP contribution in [0.4, 0.5) is 13.2 Å². The number of hydrogen-bond donors (Lipinski definition) is 1. The van der Waals surface area contributed by atoms with Gasteiger partial charge in [0.15, 0.2) is 10.7 Å². The number of pyridine rings is 1. The van der Waals surface area contributed by atoms with Crippen LogP contribution in [0.5, 0.6) is 0 Å². The summed E-state index contributed by atoms with van der Waals surface area (Å²) in [5.41, 5.74) is 2.21. The molecule has 0 aliphatic rings. The van der Waals surface area contributed by atoms with Crippen molar-refractivity contribution >= 4 is 21.4 Å². The molecule has 0 aliphatic carbocycles. The van der Waals surface area contributed by atoms with E-state index in [0.29, 0.717) is 5.56 Å². The third kappa shape index (κ3) is 4.04. The van der Waals surface area contributed by atoms with E-state index in [4.69, 9.17) is 5.14 Å². The highest BCUT2D eigenvalue weighted by atomic mass is 32.2. The first kappa shape index (κ1) is 22.1. The van der Waals surface area contributed by atoms with Crippen LogP contribution >= 0.6 is 11.3 Å². The minimum atomic E-state index is -4.78. The van der Waals surface area contributed by atoms with Crippen molar-refractivity contribution in [1.29, 1.82) is 0 Å². The predicted molar refractivity (Wildman–Crippen MR) is 114 cm³/mol. The maximum absolute atomic E-state index is 14.0. The highest BCUT2D eigenvalue weighted by Crippen LogP contribution is 2.40. The SMILES string of the molecule is CCc1c(-c2ccc(-c3cscn3)cc2)c(C(F)(F)F)nn1-c1cccnc1S(N)(=O)=O. The van der Waals surface area contributed by atoms with Crippen molar-refractivity contribution in [3.63, 3.8) is 0 Å². The molecule has 0 atom stereocenters. The van der Waals surface area contributed by atoms with Crippen molar-refractivity contribution < 1.29 is 21.6 Å². The first-order valence-electron chi connectivity index (χ1n) is 9.27. The third-order valence-electron chi connectivity index (χ3n) is 4.73. The zero-order valence-electron chi connectivity index (χ0n) is 16.5. The zero-order valence-corrected chi connectivity index (χ0v) is 18.2. The molecule has 0 radical (unpaired) electrons. The number of sulfonamides is 1. The standard InChI is InChI=1S/C20H16F3N5O2S2/c1-2-15-17(13-7-5-12(6-8-13)14-10-31-11-26-14)18(20(21,22)23)27-28(15)16-4-3-9-25-19(16)32(24,29)30/h3-11H,2H2,1H3,(H2,24,29,30). The molecule has 0 saturated heterocycles. The molecule has 0 amide bonds. The van der Waals surface area contributed by atoms with Crippen molar-refractivity contribution in [3.05, 3.63) is 64.9 Å². The van der Waals surface area contributed by atoms with Gasteiger partial charge in [-0.1, -0.05) is 31.2 Å². The molecule has 3 heterocycles. The Morgan fingerprint density at radius 1 is 1.09 bits per heavy atom. The Balaban J connectivity index is 1.96. The number of aromatic nitrogens is 4. The molecule has 0 saturated carbocycles. The van der Waals surface area contributed by atoms with Gasteiger partial charge in [-0.2, -0.15) is 18.3 Å². The monoisotopic (exact) mass is 479 g/mol. The second-order valence-corrected chi connectivity index (χ2v) is 8.95. The smallest absolute Gasteiger partial charge is 0.245 e. The van der Waals surface area contributed by atoms with Gasteiger partial charge >= 0.3 is 6.18 Å². The Morgan fingerprint density at radius 2 is 1.78 bits per heavy atom. The summed E-state index contributed by atoms with van der Waals surface area (Å²) in [5.74, 6) is 0. The van der Waals surface area contributed by atoms with E-state index in [1.807, 2.05) is 5.38 Å². The molecule has 0 bridgehead atoms. The van der Waals surface area contributed by atoms with Gasteiger partial charge in [0.05, 0.1) is 16.9 Å². The number of hydrogen-bond acceptors (Lipinski definition) is 6. The van der Waals surface area contributed by atoms with Crippen LogP contribution in [-0.2, 0) is 22.6 Å². The molecule has 0 fully saturated rings. The van der Waals surface area contributed by atoms with E-state index >= 15 is 0 Å². The molecule has 0 aliphatic heterocycles. The van der Waals surface area contributed by atoms with E-state index < -0.39 is 26.9 Å². The summed E-state index contributed by atoms with van der Waals surface area (Å²) in [6.45, 7) is 1.66.